The number of carbonyl (C=O) groups is 1. The summed E-state index contributed by atoms with van der Waals surface area (Å²) < 4.78 is 5.25. The largest absolute Gasteiger partial charge is 0.497 e. The molecule has 148 valence electrons. The first-order chi connectivity index (χ1) is 13.7. The molecule has 5 nitrogen and oxygen atoms in total. The monoisotopic (exact) mass is 379 g/mol. The van der Waals surface area contributed by atoms with Gasteiger partial charge in [0.15, 0.2) is 0 Å². The van der Waals surface area contributed by atoms with E-state index in [9.17, 15) is 4.79 Å². The summed E-state index contributed by atoms with van der Waals surface area (Å²) in [6.45, 7) is 4.23. The fraction of sp³-hybridized carbons (Fsp3) is 0.435. The molecule has 0 aromatic heterocycles. The lowest BCUT2D eigenvalue weighted by atomic mass is 10.0. The van der Waals surface area contributed by atoms with Crippen molar-refractivity contribution in [2.45, 2.75) is 18.9 Å². The van der Waals surface area contributed by atoms with Crippen LogP contribution in [0, 0.1) is 5.92 Å². The highest BCUT2D eigenvalue weighted by Crippen LogP contribution is 2.41. The maximum Gasteiger partial charge on any atom is 0.234 e. The number of para-hydroxylation sites is 1. The second-order valence-corrected chi connectivity index (χ2v) is 7.75. The van der Waals surface area contributed by atoms with Crippen LogP contribution in [0.15, 0.2) is 54.6 Å². The minimum atomic E-state index is 0.115. The summed E-state index contributed by atoms with van der Waals surface area (Å²) in [6.07, 6.45) is 2.37. The standard InChI is InChI=1S/C23H29N3O2/c1-28-21-11-9-19(10-12-21)23(18-7-8-18)24-22(27)17-25-13-15-26(16-14-25)20-5-3-2-4-6-20/h2-6,9-12,18,23H,7-8,13-17H2,1H3,(H,24,27). The van der Waals surface area contributed by atoms with Crippen molar-refractivity contribution in [3.05, 3.63) is 60.2 Å². The Morgan fingerprint density at radius 3 is 2.32 bits per heavy atom. The molecule has 2 fully saturated rings. The molecule has 1 aliphatic carbocycles. The normalized spacial score (nSPS) is 18.5. The average molecular weight is 380 g/mol. The molecule has 0 radical (unpaired) electrons. The molecule has 1 unspecified atom stereocenters. The van der Waals surface area contributed by atoms with Gasteiger partial charge in [-0.1, -0.05) is 30.3 Å². The van der Waals surface area contributed by atoms with Gasteiger partial charge >= 0.3 is 0 Å². The van der Waals surface area contributed by atoms with Gasteiger partial charge in [0.2, 0.25) is 5.91 Å². The van der Waals surface area contributed by atoms with Gasteiger partial charge in [0.05, 0.1) is 19.7 Å². The topological polar surface area (TPSA) is 44.8 Å². The number of ether oxygens (including phenoxy) is 1. The predicted molar refractivity (Wildman–Crippen MR) is 112 cm³/mol. The quantitative estimate of drug-likeness (QED) is 0.803. The molecule has 0 spiro atoms. The van der Waals surface area contributed by atoms with Crippen LogP contribution in [0.3, 0.4) is 0 Å². The van der Waals surface area contributed by atoms with Gasteiger partial charge in [-0.05, 0) is 48.6 Å². The average Bonchev–Trinajstić information content (AvgIpc) is 3.59. The number of hydrogen-bond donors (Lipinski definition) is 1. The summed E-state index contributed by atoms with van der Waals surface area (Å²) in [5.41, 5.74) is 2.44. The van der Waals surface area contributed by atoms with Gasteiger partial charge < -0.3 is 15.0 Å². The SMILES string of the molecule is COc1ccc(C(NC(=O)CN2CCN(c3ccccc3)CC2)C2CC2)cc1. The third-order valence-corrected chi connectivity index (χ3v) is 5.75. The fourth-order valence-electron chi connectivity index (χ4n) is 3.94. The Bertz CT molecular complexity index is 766. The highest BCUT2D eigenvalue weighted by atomic mass is 16.5. The van der Waals surface area contributed by atoms with Crippen molar-refractivity contribution in [3.8, 4) is 5.75 Å². The molecule has 1 aliphatic heterocycles. The van der Waals surface area contributed by atoms with Gasteiger partial charge in [0.25, 0.3) is 0 Å². The number of methoxy groups -OCH3 is 1. The van der Waals surface area contributed by atoms with Crippen LogP contribution in [0.4, 0.5) is 5.69 Å². The minimum absolute atomic E-state index is 0.115. The first-order valence-electron chi connectivity index (χ1n) is 10.2. The van der Waals surface area contributed by atoms with E-state index in [1.807, 2.05) is 18.2 Å². The van der Waals surface area contributed by atoms with Gasteiger partial charge in [-0.2, -0.15) is 0 Å². The second kappa shape index (κ2) is 8.65. The number of piperazine rings is 1. The second-order valence-electron chi connectivity index (χ2n) is 7.75. The van der Waals surface area contributed by atoms with Crippen LogP contribution in [0.5, 0.6) is 5.75 Å². The van der Waals surface area contributed by atoms with Gasteiger partial charge in [-0.3, -0.25) is 9.69 Å². The lowest BCUT2D eigenvalue weighted by molar-refractivity contribution is -0.123. The Kier molecular flexibility index (Phi) is 5.81. The molecule has 1 N–H and O–H groups in total. The molecule has 4 rings (SSSR count). The lowest BCUT2D eigenvalue weighted by Gasteiger charge is -2.36. The van der Waals surface area contributed by atoms with Crippen molar-refractivity contribution >= 4 is 11.6 Å². The maximum atomic E-state index is 12.7. The molecule has 2 aromatic carbocycles. The molecule has 1 saturated carbocycles. The van der Waals surface area contributed by atoms with Gasteiger partial charge in [-0.25, -0.2) is 0 Å². The Morgan fingerprint density at radius 1 is 1.04 bits per heavy atom. The summed E-state index contributed by atoms with van der Waals surface area (Å²) in [6, 6.07) is 18.7. The zero-order valence-corrected chi connectivity index (χ0v) is 16.5. The number of carbonyl (C=O) groups excluding carboxylic acids is 1. The summed E-state index contributed by atoms with van der Waals surface area (Å²) >= 11 is 0. The summed E-state index contributed by atoms with van der Waals surface area (Å²) in [7, 11) is 1.67. The third kappa shape index (κ3) is 4.65. The number of nitrogens with one attached hydrogen (secondary N) is 1. The molecular weight excluding hydrogens is 350 g/mol. The first kappa shape index (κ1) is 18.8. The molecule has 1 amide bonds. The van der Waals surface area contributed by atoms with Crippen molar-refractivity contribution in [2.24, 2.45) is 5.92 Å². The van der Waals surface area contributed by atoms with E-state index in [0.29, 0.717) is 12.5 Å². The Balaban J connectivity index is 1.29. The molecule has 0 bridgehead atoms. The molecule has 5 heteroatoms. The zero-order chi connectivity index (χ0) is 19.3. The van der Waals surface area contributed by atoms with Crippen molar-refractivity contribution in [3.63, 3.8) is 0 Å². The molecule has 1 atom stereocenters. The van der Waals surface area contributed by atoms with E-state index in [4.69, 9.17) is 4.74 Å². The van der Waals surface area contributed by atoms with E-state index in [0.717, 1.165) is 31.9 Å². The molecular formula is C23H29N3O2. The van der Waals surface area contributed by atoms with E-state index < -0.39 is 0 Å². The van der Waals surface area contributed by atoms with Crippen molar-refractivity contribution in [1.29, 1.82) is 0 Å². The van der Waals surface area contributed by atoms with E-state index in [-0.39, 0.29) is 11.9 Å². The number of anilines is 1. The molecule has 1 saturated heterocycles. The third-order valence-electron chi connectivity index (χ3n) is 5.75. The van der Waals surface area contributed by atoms with Gasteiger partial charge in [0.1, 0.15) is 5.75 Å². The molecule has 28 heavy (non-hydrogen) atoms. The maximum absolute atomic E-state index is 12.7. The smallest absolute Gasteiger partial charge is 0.234 e. The Morgan fingerprint density at radius 2 is 1.71 bits per heavy atom. The van der Waals surface area contributed by atoms with Crippen molar-refractivity contribution < 1.29 is 9.53 Å². The number of amides is 1. The van der Waals surface area contributed by atoms with Gasteiger partial charge in [0, 0.05) is 31.9 Å². The Hall–Kier alpha value is -2.53. The highest BCUT2D eigenvalue weighted by molar-refractivity contribution is 5.78. The van der Waals surface area contributed by atoms with E-state index >= 15 is 0 Å². The predicted octanol–water partition coefficient (Wildman–Crippen LogP) is 3.08. The zero-order valence-electron chi connectivity index (χ0n) is 16.5. The summed E-state index contributed by atoms with van der Waals surface area (Å²) in [5.74, 6) is 1.54. The summed E-state index contributed by atoms with van der Waals surface area (Å²) in [4.78, 5) is 17.4. The fourth-order valence-corrected chi connectivity index (χ4v) is 3.94. The highest BCUT2D eigenvalue weighted by Gasteiger charge is 2.33. The van der Waals surface area contributed by atoms with Crippen LogP contribution in [0.25, 0.3) is 0 Å². The van der Waals surface area contributed by atoms with Crippen LogP contribution < -0.4 is 15.0 Å². The number of rotatable bonds is 7. The van der Waals surface area contributed by atoms with Gasteiger partial charge in [-0.15, -0.1) is 0 Å². The number of nitrogens with zero attached hydrogens (tertiary/aromatic N) is 2. The van der Waals surface area contributed by atoms with E-state index in [1.54, 1.807) is 7.11 Å². The van der Waals surface area contributed by atoms with E-state index in [2.05, 4.69) is 51.5 Å². The first-order valence-corrected chi connectivity index (χ1v) is 10.2. The number of hydrogen-bond acceptors (Lipinski definition) is 4. The van der Waals surface area contributed by atoms with Crippen LogP contribution in [0.2, 0.25) is 0 Å². The van der Waals surface area contributed by atoms with Crippen molar-refractivity contribution in [2.75, 3.05) is 44.7 Å². The molecule has 1 heterocycles. The lowest BCUT2D eigenvalue weighted by Crippen LogP contribution is -2.50. The minimum Gasteiger partial charge on any atom is -0.497 e. The van der Waals surface area contributed by atoms with Crippen LogP contribution in [0.1, 0.15) is 24.4 Å². The van der Waals surface area contributed by atoms with Crippen molar-refractivity contribution in [1.82, 2.24) is 10.2 Å². The number of benzene rings is 2. The van der Waals surface area contributed by atoms with Crippen LogP contribution >= 0.6 is 0 Å². The molecule has 2 aromatic rings. The van der Waals surface area contributed by atoms with Crippen LogP contribution in [-0.4, -0.2) is 50.6 Å². The molecule has 2 aliphatic rings. The summed E-state index contributed by atoms with van der Waals surface area (Å²) in [5, 5.41) is 3.29. The van der Waals surface area contributed by atoms with E-state index in [1.165, 1.54) is 24.1 Å². The van der Waals surface area contributed by atoms with Crippen LogP contribution in [-0.2, 0) is 4.79 Å². The Labute approximate surface area is 167 Å².